The fourth-order valence-corrected chi connectivity index (χ4v) is 4.24. The molecule has 0 bridgehead atoms. The summed E-state index contributed by atoms with van der Waals surface area (Å²) in [5.74, 6) is -0.765. The van der Waals surface area contributed by atoms with E-state index in [4.69, 9.17) is 21.1 Å². The van der Waals surface area contributed by atoms with Crippen LogP contribution in [-0.2, 0) is 9.59 Å². The average molecular weight is 448 g/mol. The van der Waals surface area contributed by atoms with E-state index in [1.165, 1.54) is 4.90 Å². The van der Waals surface area contributed by atoms with Crippen LogP contribution < -0.4 is 14.4 Å². The fraction of sp³-hybridized carbons (Fsp3) is 0.120. The van der Waals surface area contributed by atoms with E-state index < -0.39 is 17.7 Å². The molecule has 7 heteroatoms. The first-order chi connectivity index (χ1) is 15.5. The molecule has 1 unspecified atom stereocenters. The highest BCUT2D eigenvalue weighted by atomic mass is 35.5. The van der Waals surface area contributed by atoms with Gasteiger partial charge in [0, 0.05) is 16.3 Å². The summed E-state index contributed by atoms with van der Waals surface area (Å²) in [7, 11) is 0. The summed E-state index contributed by atoms with van der Waals surface area (Å²) in [4.78, 5) is 27.8. The number of nitrogens with zero attached hydrogens (tertiary/aromatic N) is 1. The van der Waals surface area contributed by atoms with Crippen molar-refractivity contribution >= 4 is 34.7 Å². The van der Waals surface area contributed by atoms with Crippen LogP contribution in [0.4, 0.5) is 5.69 Å². The van der Waals surface area contributed by atoms with Crippen LogP contribution in [0.25, 0.3) is 5.76 Å². The van der Waals surface area contributed by atoms with Crippen LogP contribution in [-0.4, -0.2) is 23.6 Å². The number of ether oxygens (including phenoxy) is 2. The number of halogens is 1. The van der Waals surface area contributed by atoms with E-state index in [2.05, 4.69) is 0 Å². The first-order valence-corrected chi connectivity index (χ1v) is 10.4. The number of carbonyl (C=O) groups excluding carboxylic acids is 2. The highest BCUT2D eigenvalue weighted by Gasteiger charge is 2.47. The smallest absolute Gasteiger partial charge is 0.300 e. The van der Waals surface area contributed by atoms with Gasteiger partial charge in [-0.25, -0.2) is 0 Å². The molecule has 1 atom stereocenters. The molecule has 0 aliphatic carbocycles. The van der Waals surface area contributed by atoms with Crippen LogP contribution in [0, 0.1) is 6.92 Å². The fourth-order valence-electron chi connectivity index (χ4n) is 4.07. The van der Waals surface area contributed by atoms with E-state index in [1.54, 1.807) is 36.4 Å². The minimum Gasteiger partial charge on any atom is -0.507 e. The van der Waals surface area contributed by atoms with Gasteiger partial charge in [-0.1, -0.05) is 48.0 Å². The summed E-state index contributed by atoms with van der Waals surface area (Å²) in [5, 5.41) is 11.7. The van der Waals surface area contributed by atoms with Gasteiger partial charge in [0.2, 0.25) is 6.79 Å². The Hall–Kier alpha value is -3.77. The standard InChI is InChI=1S/C25H18ClNO5/c1-14-7-9-17(26)12-18(14)27-22(15-5-3-2-4-6-15)21(24(29)25(27)30)23(28)16-8-10-19-20(11-16)32-13-31-19/h2-12,22,28H,13H2,1H3/b23-21-. The Labute approximate surface area is 189 Å². The number of fused-ring (bicyclic) bond motifs is 1. The predicted octanol–water partition coefficient (Wildman–Crippen LogP) is 5.00. The number of anilines is 1. The van der Waals surface area contributed by atoms with Crippen molar-refractivity contribution in [2.45, 2.75) is 13.0 Å². The minimum absolute atomic E-state index is 0.000518. The molecule has 1 saturated heterocycles. The molecule has 6 nitrogen and oxygen atoms in total. The Morgan fingerprint density at radius 1 is 1.00 bits per heavy atom. The van der Waals surface area contributed by atoms with E-state index in [1.807, 2.05) is 37.3 Å². The molecule has 1 fully saturated rings. The lowest BCUT2D eigenvalue weighted by Gasteiger charge is -2.27. The Morgan fingerprint density at radius 3 is 2.53 bits per heavy atom. The van der Waals surface area contributed by atoms with E-state index in [0.29, 0.717) is 33.3 Å². The first kappa shape index (κ1) is 20.2. The van der Waals surface area contributed by atoms with Crippen molar-refractivity contribution in [3.8, 4) is 11.5 Å². The maximum absolute atomic E-state index is 13.2. The molecule has 0 aromatic heterocycles. The topological polar surface area (TPSA) is 76.1 Å². The highest BCUT2D eigenvalue weighted by molar-refractivity contribution is 6.52. The van der Waals surface area contributed by atoms with Crippen molar-refractivity contribution in [3.05, 3.63) is 94.0 Å². The highest BCUT2D eigenvalue weighted by Crippen LogP contribution is 2.44. The number of hydrogen-bond donors (Lipinski definition) is 1. The van der Waals surface area contributed by atoms with Crippen molar-refractivity contribution in [3.63, 3.8) is 0 Å². The molecule has 2 aliphatic rings. The van der Waals surface area contributed by atoms with E-state index in [9.17, 15) is 14.7 Å². The second-order valence-electron chi connectivity index (χ2n) is 7.58. The lowest BCUT2D eigenvalue weighted by molar-refractivity contribution is -0.132. The molecule has 1 N–H and O–H groups in total. The summed E-state index contributed by atoms with van der Waals surface area (Å²) in [6, 6.07) is 18.3. The van der Waals surface area contributed by atoms with Crippen molar-refractivity contribution < 1.29 is 24.2 Å². The van der Waals surface area contributed by atoms with Gasteiger partial charge in [-0.3, -0.25) is 14.5 Å². The zero-order chi connectivity index (χ0) is 22.4. The first-order valence-electron chi connectivity index (χ1n) is 9.98. The van der Waals surface area contributed by atoms with Crippen LogP contribution in [0.5, 0.6) is 11.5 Å². The molecular formula is C25H18ClNO5. The Morgan fingerprint density at radius 2 is 1.75 bits per heavy atom. The van der Waals surface area contributed by atoms with Crippen LogP contribution >= 0.6 is 11.6 Å². The van der Waals surface area contributed by atoms with Gasteiger partial charge in [0.1, 0.15) is 5.76 Å². The summed E-state index contributed by atoms with van der Waals surface area (Å²) >= 11 is 6.21. The van der Waals surface area contributed by atoms with Crippen LogP contribution in [0.3, 0.4) is 0 Å². The molecule has 0 spiro atoms. The molecule has 1 amide bonds. The van der Waals surface area contributed by atoms with Crippen LogP contribution in [0.2, 0.25) is 5.02 Å². The maximum Gasteiger partial charge on any atom is 0.300 e. The zero-order valence-corrected chi connectivity index (χ0v) is 17.8. The monoisotopic (exact) mass is 447 g/mol. The van der Waals surface area contributed by atoms with Crippen molar-refractivity contribution in [1.82, 2.24) is 0 Å². The van der Waals surface area contributed by atoms with Gasteiger partial charge in [0.15, 0.2) is 11.5 Å². The molecule has 5 rings (SSSR count). The molecule has 2 aliphatic heterocycles. The number of rotatable bonds is 3. The third-order valence-electron chi connectivity index (χ3n) is 5.64. The third-order valence-corrected chi connectivity index (χ3v) is 5.87. The summed E-state index contributed by atoms with van der Waals surface area (Å²) in [5.41, 5.74) is 2.34. The van der Waals surface area contributed by atoms with Gasteiger partial charge < -0.3 is 14.6 Å². The van der Waals surface area contributed by atoms with Gasteiger partial charge in [-0.05, 0) is 48.4 Å². The minimum atomic E-state index is -0.821. The molecule has 0 radical (unpaired) electrons. The molecule has 3 aromatic rings. The lowest BCUT2D eigenvalue weighted by Crippen LogP contribution is -2.30. The number of carbonyl (C=O) groups is 2. The Bertz CT molecular complexity index is 1280. The number of aliphatic hydroxyl groups is 1. The second kappa shape index (κ2) is 7.73. The number of hydrogen-bond acceptors (Lipinski definition) is 5. The molecule has 32 heavy (non-hydrogen) atoms. The van der Waals surface area contributed by atoms with Crippen LogP contribution in [0.1, 0.15) is 22.7 Å². The van der Waals surface area contributed by atoms with E-state index in [0.717, 1.165) is 5.56 Å². The average Bonchev–Trinajstić information content (AvgIpc) is 3.38. The van der Waals surface area contributed by atoms with Crippen LogP contribution in [0.15, 0.2) is 72.3 Å². The number of amides is 1. The number of aliphatic hydroxyl groups excluding tert-OH is 1. The lowest BCUT2D eigenvalue weighted by atomic mass is 9.95. The summed E-state index contributed by atoms with van der Waals surface area (Å²) in [6.07, 6.45) is 0. The SMILES string of the molecule is Cc1ccc(Cl)cc1N1C(=O)C(=O)/C(=C(\O)c2ccc3c(c2)OCO3)C1c1ccccc1. The second-order valence-corrected chi connectivity index (χ2v) is 8.02. The predicted molar refractivity (Wildman–Crippen MR) is 120 cm³/mol. The third kappa shape index (κ3) is 3.20. The zero-order valence-electron chi connectivity index (χ0n) is 17.0. The van der Waals surface area contributed by atoms with Gasteiger partial charge in [0.25, 0.3) is 11.7 Å². The van der Waals surface area contributed by atoms with Gasteiger partial charge in [-0.15, -0.1) is 0 Å². The Kier molecular flexibility index (Phi) is 4.87. The van der Waals surface area contributed by atoms with E-state index in [-0.39, 0.29) is 18.1 Å². The van der Waals surface area contributed by atoms with Crippen molar-refractivity contribution in [2.24, 2.45) is 0 Å². The number of aryl methyl sites for hydroxylation is 1. The summed E-state index contributed by atoms with van der Waals surface area (Å²) in [6.45, 7) is 1.92. The van der Waals surface area contributed by atoms with E-state index >= 15 is 0 Å². The summed E-state index contributed by atoms with van der Waals surface area (Å²) < 4.78 is 10.7. The van der Waals surface area contributed by atoms with Crippen molar-refractivity contribution in [1.29, 1.82) is 0 Å². The number of benzene rings is 3. The Balaban J connectivity index is 1.73. The number of ketones is 1. The molecule has 2 heterocycles. The normalized spacial score (nSPS) is 18.9. The maximum atomic E-state index is 13.2. The quantitative estimate of drug-likeness (QED) is 0.347. The molecule has 3 aromatic carbocycles. The molecular weight excluding hydrogens is 430 g/mol. The number of Topliss-reactive ketones (excluding diaryl/α,β-unsaturated/α-hetero) is 1. The van der Waals surface area contributed by atoms with Crippen molar-refractivity contribution in [2.75, 3.05) is 11.7 Å². The van der Waals surface area contributed by atoms with Gasteiger partial charge in [-0.2, -0.15) is 0 Å². The molecule has 160 valence electrons. The molecule has 0 saturated carbocycles. The van der Waals surface area contributed by atoms with Gasteiger partial charge in [0.05, 0.1) is 11.6 Å². The van der Waals surface area contributed by atoms with Gasteiger partial charge >= 0.3 is 0 Å². The largest absolute Gasteiger partial charge is 0.507 e.